The summed E-state index contributed by atoms with van der Waals surface area (Å²) in [5.41, 5.74) is 5.50. The van der Waals surface area contributed by atoms with Gasteiger partial charge in [-0.1, -0.05) is 54.6 Å². The van der Waals surface area contributed by atoms with Crippen LogP contribution >= 0.6 is 0 Å². The number of nitrogens with zero attached hydrogens (tertiary/aromatic N) is 5. The Morgan fingerprint density at radius 3 is 2.53 bits per heavy atom. The lowest BCUT2D eigenvalue weighted by Crippen LogP contribution is -2.35. The first-order valence-electron chi connectivity index (χ1n) is 14.3. The number of aromatic nitrogens is 5. The molecule has 0 aliphatic rings. The Morgan fingerprint density at radius 2 is 1.74 bits per heavy atom. The monoisotopic (exact) mass is 574 g/mol. The lowest BCUT2D eigenvalue weighted by Gasteiger charge is -2.30. The lowest BCUT2D eigenvalue weighted by molar-refractivity contribution is 0.178. The Balaban J connectivity index is 1.51. The maximum Gasteiger partial charge on any atom is 0.253 e. The van der Waals surface area contributed by atoms with Gasteiger partial charge in [0.1, 0.15) is 17.6 Å². The van der Waals surface area contributed by atoms with Gasteiger partial charge in [0.2, 0.25) is 0 Å². The van der Waals surface area contributed by atoms with Crippen molar-refractivity contribution in [1.82, 2.24) is 30.1 Å². The molecule has 9 heteroatoms. The van der Waals surface area contributed by atoms with E-state index in [1.165, 1.54) is 5.56 Å². The molecule has 0 radical (unpaired) electrons. The summed E-state index contributed by atoms with van der Waals surface area (Å²) in [5, 5.41) is 14.0. The molecule has 218 valence electrons. The summed E-state index contributed by atoms with van der Waals surface area (Å²) in [4.78, 5) is 19.3. The molecule has 0 spiro atoms. The van der Waals surface area contributed by atoms with E-state index in [2.05, 4.69) is 50.5 Å². The molecule has 9 nitrogen and oxygen atoms in total. The van der Waals surface area contributed by atoms with E-state index < -0.39 is 6.04 Å². The number of hydrogen-bond acceptors (Lipinski definition) is 7. The van der Waals surface area contributed by atoms with Gasteiger partial charge in [-0.25, -0.2) is 4.68 Å². The fourth-order valence-electron chi connectivity index (χ4n) is 5.59. The van der Waals surface area contributed by atoms with Crippen LogP contribution in [0.4, 0.5) is 0 Å². The SMILES string of the molecule is COc1cccc(CN(Cc2ccco2)[C@@H](c2cc3c(C)ccc(C)c3[nH]c2=O)c2nnnn2CCc2ccccc2)c1. The van der Waals surface area contributed by atoms with Gasteiger partial charge in [0, 0.05) is 24.0 Å². The van der Waals surface area contributed by atoms with Crippen LogP contribution in [0.3, 0.4) is 0 Å². The van der Waals surface area contributed by atoms with Crippen molar-refractivity contribution in [2.45, 2.75) is 45.9 Å². The average molecular weight is 575 g/mol. The highest BCUT2D eigenvalue weighted by Gasteiger charge is 2.31. The number of H-pyrrole nitrogens is 1. The minimum atomic E-state index is -0.588. The van der Waals surface area contributed by atoms with Crippen molar-refractivity contribution in [2.75, 3.05) is 7.11 Å². The van der Waals surface area contributed by atoms with Gasteiger partial charge in [0.05, 0.1) is 25.4 Å². The molecule has 6 aromatic rings. The number of fused-ring (bicyclic) bond motifs is 1. The first kappa shape index (κ1) is 28.1. The van der Waals surface area contributed by atoms with Gasteiger partial charge in [-0.2, -0.15) is 0 Å². The van der Waals surface area contributed by atoms with Crippen LogP contribution in [-0.2, 0) is 26.1 Å². The molecule has 0 aliphatic heterocycles. The van der Waals surface area contributed by atoms with E-state index >= 15 is 0 Å². The van der Waals surface area contributed by atoms with E-state index in [-0.39, 0.29) is 5.56 Å². The summed E-state index contributed by atoms with van der Waals surface area (Å²) in [6.07, 6.45) is 2.40. The van der Waals surface area contributed by atoms with Crippen LogP contribution in [0.15, 0.2) is 100 Å². The quantitative estimate of drug-likeness (QED) is 0.210. The second kappa shape index (κ2) is 12.5. The van der Waals surface area contributed by atoms with Crippen LogP contribution in [0, 0.1) is 13.8 Å². The predicted molar refractivity (Wildman–Crippen MR) is 165 cm³/mol. The topological polar surface area (TPSA) is 102 Å². The number of benzene rings is 3. The minimum absolute atomic E-state index is 0.182. The Morgan fingerprint density at radius 1 is 0.930 bits per heavy atom. The highest BCUT2D eigenvalue weighted by molar-refractivity contribution is 5.85. The van der Waals surface area contributed by atoms with Gasteiger partial charge < -0.3 is 14.1 Å². The van der Waals surface area contributed by atoms with E-state index in [1.54, 1.807) is 13.4 Å². The Bertz CT molecular complexity index is 1880. The highest BCUT2D eigenvalue weighted by atomic mass is 16.5. The molecule has 0 unspecified atom stereocenters. The maximum absolute atomic E-state index is 14.0. The number of hydrogen-bond donors (Lipinski definition) is 1. The van der Waals surface area contributed by atoms with Gasteiger partial charge in [0.25, 0.3) is 5.56 Å². The third-order valence-electron chi connectivity index (χ3n) is 7.85. The molecule has 43 heavy (non-hydrogen) atoms. The van der Waals surface area contributed by atoms with Gasteiger partial charge >= 0.3 is 0 Å². The smallest absolute Gasteiger partial charge is 0.253 e. The molecular formula is C34H34N6O3. The van der Waals surface area contributed by atoms with Crippen molar-refractivity contribution in [2.24, 2.45) is 0 Å². The van der Waals surface area contributed by atoms with Gasteiger partial charge in [-0.15, -0.1) is 5.10 Å². The predicted octanol–water partition coefficient (Wildman–Crippen LogP) is 5.77. The van der Waals surface area contributed by atoms with Crippen LogP contribution in [0.2, 0.25) is 0 Å². The van der Waals surface area contributed by atoms with Crippen molar-refractivity contribution >= 4 is 10.9 Å². The number of aryl methyl sites for hydroxylation is 4. The number of nitrogens with one attached hydrogen (secondary N) is 1. The number of aromatic amines is 1. The zero-order valence-corrected chi connectivity index (χ0v) is 24.5. The van der Waals surface area contributed by atoms with Crippen LogP contribution in [0.1, 0.15) is 45.4 Å². The third-order valence-corrected chi connectivity index (χ3v) is 7.85. The Hall–Kier alpha value is -5.02. The zero-order valence-electron chi connectivity index (χ0n) is 24.5. The largest absolute Gasteiger partial charge is 0.497 e. The fraction of sp³-hybridized carbons (Fsp3) is 0.235. The van der Waals surface area contributed by atoms with Crippen LogP contribution in [0.5, 0.6) is 5.75 Å². The van der Waals surface area contributed by atoms with Crippen molar-refractivity contribution in [3.63, 3.8) is 0 Å². The number of tetrazole rings is 1. The fourth-order valence-corrected chi connectivity index (χ4v) is 5.59. The summed E-state index contributed by atoms with van der Waals surface area (Å²) in [7, 11) is 1.66. The number of rotatable bonds is 11. The molecule has 3 aromatic heterocycles. The van der Waals surface area contributed by atoms with Gasteiger partial charge in [0.15, 0.2) is 5.82 Å². The molecule has 3 aromatic carbocycles. The van der Waals surface area contributed by atoms with Crippen molar-refractivity contribution < 1.29 is 9.15 Å². The lowest BCUT2D eigenvalue weighted by atomic mass is 9.99. The molecule has 0 saturated heterocycles. The summed E-state index contributed by atoms with van der Waals surface area (Å²) in [6, 6.07) is 27.5. The Kier molecular flexibility index (Phi) is 8.15. The van der Waals surface area contributed by atoms with E-state index in [4.69, 9.17) is 9.15 Å². The van der Waals surface area contributed by atoms with E-state index in [9.17, 15) is 4.79 Å². The number of pyridine rings is 1. The molecule has 0 bridgehead atoms. The summed E-state index contributed by atoms with van der Waals surface area (Å²) in [5.74, 6) is 2.11. The van der Waals surface area contributed by atoms with Crippen molar-refractivity contribution in [3.05, 3.63) is 141 Å². The molecule has 6 rings (SSSR count). The zero-order chi connectivity index (χ0) is 29.8. The van der Waals surface area contributed by atoms with Crippen LogP contribution < -0.4 is 10.3 Å². The van der Waals surface area contributed by atoms with E-state index in [0.717, 1.165) is 45.5 Å². The maximum atomic E-state index is 14.0. The van der Waals surface area contributed by atoms with Crippen LogP contribution in [-0.4, -0.2) is 37.2 Å². The first-order chi connectivity index (χ1) is 21.0. The minimum Gasteiger partial charge on any atom is -0.497 e. The molecule has 3 heterocycles. The summed E-state index contributed by atoms with van der Waals surface area (Å²) in [6.45, 7) is 5.52. The second-order valence-corrected chi connectivity index (χ2v) is 10.8. The molecule has 0 amide bonds. The summed E-state index contributed by atoms with van der Waals surface area (Å²) >= 11 is 0. The number of ether oxygens (including phenoxy) is 1. The molecular weight excluding hydrogens is 540 g/mol. The van der Waals surface area contributed by atoms with E-state index in [1.807, 2.05) is 78.3 Å². The standard InChI is InChI=1S/C34H34N6O3/c1-23-14-15-24(2)31-29(23)20-30(34(41)35-31)32(33-36-37-38-40(33)17-16-25-9-5-4-6-10-25)39(22-28-13-8-18-43-28)21-26-11-7-12-27(19-26)42-3/h4-15,18-20,32H,16-17,21-22H2,1-3H3,(H,35,41)/t32-/m0/s1. The average Bonchev–Trinajstić information content (AvgIpc) is 3.72. The Labute approximate surface area is 249 Å². The normalized spacial score (nSPS) is 12.2. The second-order valence-electron chi connectivity index (χ2n) is 10.8. The molecule has 0 saturated carbocycles. The highest BCUT2D eigenvalue weighted by Crippen LogP contribution is 2.32. The number of furan rings is 1. The number of methoxy groups -OCH3 is 1. The summed E-state index contributed by atoms with van der Waals surface area (Å²) < 4.78 is 13.1. The first-order valence-corrected chi connectivity index (χ1v) is 14.3. The van der Waals surface area contributed by atoms with E-state index in [0.29, 0.717) is 31.0 Å². The van der Waals surface area contributed by atoms with Crippen molar-refractivity contribution in [1.29, 1.82) is 0 Å². The third kappa shape index (κ3) is 6.12. The molecule has 1 N–H and O–H groups in total. The van der Waals surface area contributed by atoms with Gasteiger partial charge in [-0.3, -0.25) is 9.69 Å². The molecule has 0 fully saturated rings. The molecule has 1 atom stereocenters. The van der Waals surface area contributed by atoms with Crippen LogP contribution in [0.25, 0.3) is 10.9 Å². The van der Waals surface area contributed by atoms with Crippen molar-refractivity contribution in [3.8, 4) is 5.75 Å². The van der Waals surface area contributed by atoms with Gasteiger partial charge in [-0.05, 0) is 83.3 Å². The molecule has 0 aliphatic carbocycles.